The number of nitrogens with zero attached hydrogens (tertiary/aromatic N) is 1. The van der Waals surface area contributed by atoms with Crippen molar-refractivity contribution in [2.45, 2.75) is 75.2 Å². The Hall–Kier alpha value is -6.18. The molecule has 1 spiro atoms. The number of hydrogen-bond acceptors (Lipinski definition) is 10. The average Bonchev–Trinajstić information content (AvgIpc) is 3.82. The number of hydrogen-bond donors (Lipinski definition) is 4. The SMILES string of the molecule is CNCCOc1cc2c(cc1O)CC#Cc1nc(N)ccc1[C@H](CCc1ccccc1)[C@H]1CC[C@@]3(Cc4cc(O)cc(OC)c4-c4ccc5c(c43)O[C@H]2[C@@H]5COC(C)=O)C1. The first-order valence-corrected chi connectivity index (χ1v) is 21.0. The molecular weight excluding hydrogens is 755 g/mol. The molecule has 4 bridgehead atoms. The second-order valence-corrected chi connectivity index (χ2v) is 16.8. The molecule has 4 aliphatic rings. The van der Waals surface area contributed by atoms with Gasteiger partial charge in [0.05, 0.1) is 13.0 Å². The normalized spacial score (nSPS) is 21.8. The van der Waals surface area contributed by atoms with E-state index in [-0.39, 0.29) is 53.7 Å². The van der Waals surface area contributed by atoms with E-state index in [1.165, 1.54) is 12.5 Å². The van der Waals surface area contributed by atoms with Crippen LogP contribution in [-0.2, 0) is 34.2 Å². The number of nitrogens with two attached hydrogens (primary N) is 1. The van der Waals surface area contributed by atoms with Crippen molar-refractivity contribution in [3.05, 3.63) is 124 Å². The Morgan fingerprint density at radius 1 is 1.00 bits per heavy atom. The number of benzene rings is 4. The first-order valence-electron chi connectivity index (χ1n) is 21.0. The fourth-order valence-electron chi connectivity index (χ4n) is 10.5. The van der Waals surface area contributed by atoms with Crippen molar-refractivity contribution >= 4 is 11.8 Å². The Balaban J connectivity index is 1.29. The van der Waals surface area contributed by atoms with Gasteiger partial charge in [-0.1, -0.05) is 54.5 Å². The van der Waals surface area contributed by atoms with Crippen LogP contribution >= 0.6 is 0 Å². The summed E-state index contributed by atoms with van der Waals surface area (Å²) in [5, 5.41) is 25.5. The van der Waals surface area contributed by atoms with Gasteiger partial charge in [-0.3, -0.25) is 4.79 Å². The maximum atomic E-state index is 12.5. The number of aromatic nitrogens is 1. The number of ether oxygens (including phenoxy) is 4. The number of anilines is 1. The summed E-state index contributed by atoms with van der Waals surface area (Å²) in [4.78, 5) is 17.3. The number of carbonyl (C=O) groups excluding carboxylic acids is 1. The van der Waals surface area contributed by atoms with Gasteiger partial charge in [0.1, 0.15) is 48.1 Å². The zero-order valence-corrected chi connectivity index (χ0v) is 34.3. The van der Waals surface area contributed by atoms with Gasteiger partial charge in [0.15, 0.2) is 11.5 Å². The molecule has 10 heteroatoms. The van der Waals surface area contributed by atoms with Gasteiger partial charge in [-0.15, -0.1) is 0 Å². The number of phenols is 2. The van der Waals surface area contributed by atoms with E-state index in [0.29, 0.717) is 42.6 Å². The topological polar surface area (TPSA) is 145 Å². The standard InChI is InChI=1S/C50H51N3O7/c1-29(54)59-28-40-37-14-15-38-46-33(22-34(55)24-44(46)57-3)27-50-19-18-32(26-50)35(13-12-30-8-5-4-6-9-30)36-16-17-45(51)53-41(36)11-7-10-31-23-42(56)43(58-21-20-52-2)25-39(31)48(40)60-49(37)47(38)50/h4-6,8-9,14-17,22-25,32,35,40,48,52,55-56H,10,12-13,18-21,26-28H2,1-3H3,(H2,51,53)/t32-,35+,40+,48+,50-/m0/s1. The zero-order chi connectivity index (χ0) is 41.5. The molecular formula is C50H51N3O7. The van der Waals surface area contributed by atoms with Gasteiger partial charge in [-0.05, 0) is 115 Å². The van der Waals surface area contributed by atoms with Crippen LogP contribution in [0.1, 0.15) is 95.2 Å². The maximum absolute atomic E-state index is 12.5. The molecule has 9 rings (SSSR count). The number of nitrogens with one attached hydrogen (secondary N) is 1. The van der Waals surface area contributed by atoms with Gasteiger partial charge >= 0.3 is 5.97 Å². The van der Waals surface area contributed by atoms with Crippen molar-refractivity contribution in [1.82, 2.24) is 10.3 Å². The summed E-state index contributed by atoms with van der Waals surface area (Å²) in [5.41, 5.74) is 15.7. The van der Waals surface area contributed by atoms with Crippen LogP contribution in [0.25, 0.3) is 11.1 Å². The number of carbonyl (C=O) groups is 1. The Labute approximate surface area is 351 Å². The van der Waals surface area contributed by atoms with Crippen LogP contribution in [0.3, 0.4) is 0 Å². The fourth-order valence-corrected chi connectivity index (χ4v) is 10.5. The number of aryl methyl sites for hydroxylation is 1. The Morgan fingerprint density at radius 2 is 1.83 bits per heavy atom. The lowest BCUT2D eigenvalue weighted by molar-refractivity contribution is -0.141. The Morgan fingerprint density at radius 3 is 2.63 bits per heavy atom. The number of aromatic hydroxyl groups is 2. The minimum absolute atomic E-state index is 0.000888. The van der Waals surface area contributed by atoms with E-state index in [9.17, 15) is 15.0 Å². The molecule has 308 valence electrons. The van der Waals surface area contributed by atoms with Crippen molar-refractivity contribution in [3.8, 4) is 51.7 Å². The monoisotopic (exact) mass is 805 g/mol. The van der Waals surface area contributed by atoms with Gasteiger partial charge in [-0.2, -0.15) is 0 Å². The molecule has 0 radical (unpaired) electrons. The van der Waals surface area contributed by atoms with Crippen LogP contribution in [0, 0.1) is 17.8 Å². The van der Waals surface area contributed by atoms with Gasteiger partial charge in [0.25, 0.3) is 0 Å². The van der Waals surface area contributed by atoms with Crippen molar-refractivity contribution < 1.29 is 34.0 Å². The second kappa shape index (κ2) is 16.1. The van der Waals surface area contributed by atoms with Gasteiger partial charge in [0, 0.05) is 53.6 Å². The average molecular weight is 806 g/mol. The van der Waals surface area contributed by atoms with E-state index in [1.54, 1.807) is 19.2 Å². The molecule has 5 aromatic rings. The second-order valence-electron chi connectivity index (χ2n) is 16.8. The number of rotatable bonds is 10. The molecule has 0 amide bonds. The van der Waals surface area contributed by atoms with E-state index < -0.39 is 6.10 Å². The largest absolute Gasteiger partial charge is 0.508 e. The third-order valence-electron chi connectivity index (χ3n) is 13.2. The fraction of sp³-hybridized carbons (Fsp3) is 0.360. The minimum atomic E-state index is -0.600. The van der Waals surface area contributed by atoms with E-state index in [2.05, 4.69) is 65.7 Å². The van der Waals surface area contributed by atoms with Crippen LogP contribution in [-0.4, -0.2) is 55.1 Å². The van der Waals surface area contributed by atoms with Crippen LogP contribution < -0.4 is 25.3 Å². The van der Waals surface area contributed by atoms with Crippen LogP contribution in [0.4, 0.5) is 5.82 Å². The predicted molar refractivity (Wildman–Crippen MR) is 230 cm³/mol. The van der Waals surface area contributed by atoms with E-state index in [0.717, 1.165) is 82.4 Å². The summed E-state index contributed by atoms with van der Waals surface area (Å²) in [6.45, 7) is 2.44. The number of phenolic OH excluding ortho intramolecular Hbond substituents is 2. The van der Waals surface area contributed by atoms with Crippen LogP contribution in [0.15, 0.2) is 78.9 Å². The minimum Gasteiger partial charge on any atom is -0.508 e. The summed E-state index contributed by atoms with van der Waals surface area (Å²) < 4.78 is 25.3. The van der Waals surface area contributed by atoms with Crippen molar-refractivity contribution in [2.75, 3.05) is 39.6 Å². The van der Waals surface area contributed by atoms with Crippen molar-refractivity contribution in [1.29, 1.82) is 0 Å². The smallest absolute Gasteiger partial charge is 0.302 e. The summed E-state index contributed by atoms with van der Waals surface area (Å²) in [6.07, 6.45) is 4.85. The molecule has 60 heavy (non-hydrogen) atoms. The summed E-state index contributed by atoms with van der Waals surface area (Å²) in [6, 6.07) is 26.0. The summed E-state index contributed by atoms with van der Waals surface area (Å²) >= 11 is 0. The molecule has 1 aromatic heterocycles. The zero-order valence-electron chi connectivity index (χ0n) is 34.3. The molecule has 0 saturated heterocycles. The molecule has 1 saturated carbocycles. The molecule has 3 heterocycles. The Bertz CT molecular complexity index is 2530. The van der Waals surface area contributed by atoms with Crippen LogP contribution in [0.5, 0.6) is 28.7 Å². The number of likely N-dealkylation sites (N-methyl/N-ethyl adjacent to an activating group) is 1. The molecule has 2 aliphatic carbocycles. The highest BCUT2D eigenvalue weighted by Crippen LogP contribution is 2.63. The number of nitrogen functional groups attached to an aromatic ring is 1. The van der Waals surface area contributed by atoms with Crippen LogP contribution in [0.2, 0.25) is 0 Å². The third kappa shape index (κ3) is 7.15. The first kappa shape index (κ1) is 39.3. The lowest BCUT2D eigenvalue weighted by Gasteiger charge is -2.39. The maximum Gasteiger partial charge on any atom is 0.302 e. The van der Waals surface area contributed by atoms with Gasteiger partial charge in [0.2, 0.25) is 0 Å². The highest BCUT2D eigenvalue weighted by molar-refractivity contribution is 5.84. The number of methoxy groups -OCH3 is 1. The highest BCUT2D eigenvalue weighted by atomic mass is 16.5. The third-order valence-corrected chi connectivity index (χ3v) is 13.2. The molecule has 1 fully saturated rings. The van der Waals surface area contributed by atoms with E-state index in [4.69, 9.17) is 29.7 Å². The van der Waals surface area contributed by atoms with Gasteiger partial charge < -0.3 is 40.2 Å². The van der Waals surface area contributed by atoms with E-state index >= 15 is 0 Å². The summed E-state index contributed by atoms with van der Waals surface area (Å²) in [7, 11) is 3.49. The van der Waals surface area contributed by atoms with Gasteiger partial charge in [-0.25, -0.2) is 4.98 Å². The molecule has 5 N–H and O–H groups in total. The molecule has 4 aromatic carbocycles. The highest BCUT2D eigenvalue weighted by Gasteiger charge is 2.52. The van der Waals surface area contributed by atoms with Crippen molar-refractivity contribution in [3.63, 3.8) is 0 Å². The van der Waals surface area contributed by atoms with E-state index in [1.807, 2.05) is 25.2 Å². The number of fused-ring (bicyclic) bond motifs is 7. The van der Waals surface area contributed by atoms with Crippen molar-refractivity contribution in [2.24, 2.45) is 5.92 Å². The molecule has 10 nitrogen and oxygen atoms in total. The molecule has 2 aliphatic heterocycles. The number of pyridine rings is 1. The Kier molecular flexibility index (Phi) is 10.6. The number of esters is 1. The first-order chi connectivity index (χ1) is 29.2. The summed E-state index contributed by atoms with van der Waals surface area (Å²) in [5.74, 6) is 8.79. The molecule has 5 atom stereocenters. The predicted octanol–water partition coefficient (Wildman–Crippen LogP) is 8.05. The molecule has 0 unspecified atom stereocenters. The lowest BCUT2D eigenvalue weighted by atomic mass is 9.64. The lowest BCUT2D eigenvalue weighted by Crippen LogP contribution is -2.31. The quantitative estimate of drug-likeness (QED) is 0.0622.